The third kappa shape index (κ3) is 1.95. The van der Waals surface area contributed by atoms with Gasteiger partial charge in [-0.3, -0.25) is 4.79 Å². The second kappa shape index (κ2) is 3.66. The van der Waals surface area contributed by atoms with Gasteiger partial charge < -0.3 is 5.84 Å². The third-order valence-corrected chi connectivity index (χ3v) is 2.56. The zero-order valence-corrected chi connectivity index (χ0v) is 9.01. The molecule has 90 valence electrons. The van der Waals surface area contributed by atoms with Crippen LogP contribution < -0.4 is 11.4 Å². The van der Waals surface area contributed by atoms with Crippen LogP contribution in [0, 0.1) is 0 Å². The van der Waals surface area contributed by atoms with E-state index in [-0.39, 0.29) is 15.9 Å². The van der Waals surface area contributed by atoms with E-state index in [0.29, 0.717) is 10.7 Å². The third-order valence-electron chi connectivity index (χ3n) is 2.32. The van der Waals surface area contributed by atoms with Gasteiger partial charge in [-0.15, -0.1) is 0 Å². The summed E-state index contributed by atoms with van der Waals surface area (Å²) in [5.41, 5.74) is -2.01. The van der Waals surface area contributed by atoms with Crippen LogP contribution in [0.5, 0.6) is 0 Å². The molecule has 0 atom stereocenters. The molecule has 3 nitrogen and oxygen atoms in total. The van der Waals surface area contributed by atoms with Crippen LogP contribution in [0.15, 0.2) is 29.1 Å². The molecule has 0 amide bonds. The summed E-state index contributed by atoms with van der Waals surface area (Å²) in [5.74, 6) is 5.38. The summed E-state index contributed by atoms with van der Waals surface area (Å²) < 4.78 is 38.8. The number of fused-ring (bicyclic) bond motifs is 1. The number of hydrogen-bond donors (Lipinski definition) is 1. The Kier molecular flexibility index (Phi) is 2.54. The number of aromatic nitrogens is 1. The van der Waals surface area contributed by atoms with Gasteiger partial charge >= 0.3 is 6.18 Å². The Balaban J connectivity index is 2.97. The maximum absolute atomic E-state index is 12.7. The molecule has 0 aliphatic heterocycles. The van der Waals surface area contributed by atoms with E-state index in [4.69, 9.17) is 17.4 Å². The lowest BCUT2D eigenvalue weighted by atomic mass is 10.1. The summed E-state index contributed by atoms with van der Waals surface area (Å²) in [4.78, 5) is 11.3. The summed E-state index contributed by atoms with van der Waals surface area (Å²) in [5, 5.41) is 0.0411. The first-order valence-corrected chi connectivity index (χ1v) is 4.86. The summed E-state index contributed by atoms with van der Waals surface area (Å²) in [6, 6.07) is 4.18. The highest BCUT2D eigenvalue weighted by molar-refractivity contribution is 6.31. The predicted octanol–water partition coefficient (Wildman–Crippen LogP) is 2.39. The molecule has 2 aromatic rings. The lowest BCUT2D eigenvalue weighted by Crippen LogP contribution is -2.28. The van der Waals surface area contributed by atoms with Crippen LogP contribution in [0.1, 0.15) is 5.56 Å². The minimum Gasteiger partial charge on any atom is -0.336 e. The van der Waals surface area contributed by atoms with Gasteiger partial charge in [0.05, 0.1) is 11.1 Å². The molecule has 7 heteroatoms. The van der Waals surface area contributed by atoms with Gasteiger partial charge in [-0.05, 0) is 12.1 Å². The first-order chi connectivity index (χ1) is 7.80. The quantitative estimate of drug-likeness (QED) is 0.741. The molecular weight excluding hydrogens is 257 g/mol. The van der Waals surface area contributed by atoms with Crippen molar-refractivity contribution in [2.45, 2.75) is 6.18 Å². The van der Waals surface area contributed by atoms with Crippen LogP contribution in [0.3, 0.4) is 0 Å². The van der Waals surface area contributed by atoms with Crippen LogP contribution >= 0.6 is 11.6 Å². The molecule has 1 aromatic carbocycles. The zero-order chi connectivity index (χ0) is 12.8. The fourth-order valence-corrected chi connectivity index (χ4v) is 1.72. The highest BCUT2D eigenvalue weighted by Gasteiger charge is 2.33. The molecule has 17 heavy (non-hydrogen) atoms. The minimum absolute atomic E-state index is 0.0580. The fourth-order valence-electron chi connectivity index (χ4n) is 1.56. The Hall–Kier alpha value is -1.69. The smallest absolute Gasteiger partial charge is 0.336 e. The van der Waals surface area contributed by atoms with E-state index in [1.807, 2.05) is 0 Å². The lowest BCUT2D eigenvalue weighted by molar-refractivity contribution is -0.136. The van der Waals surface area contributed by atoms with Gasteiger partial charge in [-0.25, -0.2) is 4.68 Å². The van der Waals surface area contributed by atoms with Gasteiger partial charge in [0.2, 0.25) is 0 Å². The van der Waals surface area contributed by atoms with Crippen LogP contribution in [0.2, 0.25) is 5.02 Å². The molecule has 0 fully saturated rings. The van der Waals surface area contributed by atoms with Crippen molar-refractivity contribution in [2.24, 2.45) is 0 Å². The molecule has 0 saturated carbocycles. The molecule has 0 aliphatic carbocycles. The van der Waals surface area contributed by atoms with Crippen molar-refractivity contribution in [3.63, 3.8) is 0 Å². The Morgan fingerprint density at radius 2 is 1.88 bits per heavy atom. The Labute approximate surface area is 98.2 Å². The normalized spacial score (nSPS) is 12.0. The number of nitrogens with two attached hydrogens (primary N) is 1. The van der Waals surface area contributed by atoms with E-state index in [1.54, 1.807) is 0 Å². The van der Waals surface area contributed by atoms with E-state index < -0.39 is 17.3 Å². The van der Waals surface area contributed by atoms with Crippen LogP contribution in [-0.2, 0) is 6.18 Å². The largest absolute Gasteiger partial charge is 0.417 e. The molecule has 1 heterocycles. The lowest BCUT2D eigenvalue weighted by Gasteiger charge is -2.12. The summed E-state index contributed by atoms with van der Waals surface area (Å²) in [6.45, 7) is 0. The van der Waals surface area contributed by atoms with Crippen LogP contribution in [0.4, 0.5) is 13.2 Å². The average Bonchev–Trinajstić information content (AvgIpc) is 2.22. The molecule has 2 N–H and O–H groups in total. The van der Waals surface area contributed by atoms with E-state index in [2.05, 4.69) is 0 Å². The first kappa shape index (κ1) is 11.8. The van der Waals surface area contributed by atoms with Gasteiger partial charge in [-0.1, -0.05) is 17.7 Å². The number of hydrogen-bond acceptors (Lipinski definition) is 2. The van der Waals surface area contributed by atoms with E-state index in [1.165, 1.54) is 18.2 Å². The molecule has 0 bridgehead atoms. The monoisotopic (exact) mass is 262 g/mol. The van der Waals surface area contributed by atoms with Crippen LogP contribution in [-0.4, -0.2) is 4.68 Å². The molecule has 0 radical (unpaired) electrons. The van der Waals surface area contributed by atoms with Gasteiger partial charge in [0.15, 0.2) is 0 Å². The summed E-state index contributed by atoms with van der Waals surface area (Å²) in [6.07, 6.45) is -4.61. The van der Waals surface area contributed by atoms with Crippen molar-refractivity contribution < 1.29 is 13.2 Å². The maximum atomic E-state index is 12.7. The second-order valence-electron chi connectivity index (χ2n) is 3.43. The van der Waals surface area contributed by atoms with Gasteiger partial charge in [-0.2, -0.15) is 13.2 Å². The number of halogens is 4. The first-order valence-electron chi connectivity index (χ1n) is 4.48. The van der Waals surface area contributed by atoms with Crippen molar-refractivity contribution >= 4 is 22.5 Å². The number of alkyl halides is 3. The van der Waals surface area contributed by atoms with Gasteiger partial charge in [0.25, 0.3) is 5.56 Å². The fraction of sp³-hybridized carbons (Fsp3) is 0.100. The Bertz CT molecular complexity index is 648. The maximum Gasteiger partial charge on any atom is 0.417 e. The van der Waals surface area contributed by atoms with E-state index in [0.717, 1.165) is 0 Å². The molecule has 1 aromatic heterocycles. The second-order valence-corrected chi connectivity index (χ2v) is 3.86. The SMILES string of the molecule is Nn1c(=O)cc(C(F)(F)F)c2ccc(Cl)cc21. The molecule has 2 rings (SSSR count). The van der Waals surface area contributed by atoms with Crippen molar-refractivity contribution in [3.8, 4) is 0 Å². The van der Waals surface area contributed by atoms with Crippen molar-refractivity contribution in [1.82, 2.24) is 4.68 Å². The molecule has 0 saturated heterocycles. The van der Waals surface area contributed by atoms with E-state index >= 15 is 0 Å². The van der Waals surface area contributed by atoms with Crippen molar-refractivity contribution in [3.05, 3.63) is 45.2 Å². The van der Waals surface area contributed by atoms with Gasteiger partial charge in [0, 0.05) is 16.5 Å². The number of benzene rings is 1. The molecule has 0 aliphatic rings. The average molecular weight is 263 g/mol. The van der Waals surface area contributed by atoms with Gasteiger partial charge in [0.1, 0.15) is 0 Å². The Morgan fingerprint density at radius 3 is 2.47 bits per heavy atom. The minimum atomic E-state index is -4.61. The van der Waals surface area contributed by atoms with Crippen molar-refractivity contribution in [2.75, 3.05) is 5.84 Å². The highest BCUT2D eigenvalue weighted by Crippen LogP contribution is 2.34. The Morgan fingerprint density at radius 1 is 1.24 bits per heavy atom. The zero-order valence-electron chi connectivity index (χ0n) is 8.25. The topological polar surface area (TPSA) is 48.0 Å². The van der Waals surface area contributed by atoms with Crippen molar-refractivity contribution in [1.29, 1.82) is 0 Å². The number of nitrogens with zero attached hydrogens (tertiary/aromatic N) is 1. The summed E-state index contributed by atoms with van der Waals surface area (Å²) in [7, 11) is 0. The predicted molar refractivity (Wildman–Crippen MR) is 58.4 cm³/mol. The summed E-state index contributed by atoms with van der Waals surface area (Å²) >= 11 is 5.66. The molecular formula is C10H6ClF3N2O. The standard InChI is InChI=1S/C10H6ClF3N2O/c11-5-1-2-6-7(10(12,13)14)4-9(17)16(15)8(6)3-5/h1-4H,15H2. The highest BCUT2D eigenvalue weighted by atomic mass is 35.5. The molecule has 0 unspecified atom stereocenters. The number of pyridine rings is 1. The number of nitrogen functional groups attached to an aromatic ring is 1. The van der Waals surface area contributed by atoms with E-state index in [9.17, 15) is 18.0 Å². The number of rotatable bonds is 0. The van der Waals surface area contributed by atoms with Crippen LogP contribution in [0.25, 0.3) is 10.9 Å². The molecule has 0 spiro atoms.